The summed E-state index contributed by atoms with van der Waals surface area (Å²) < 4.78 is 22.6. The molecule has 0 aromatic rings. The number of primary sulfonamides is 1. The highest BCUT2D eigenvalue weighted by Crippen LogP contribution is 2.30. The first-order valence-corrected chi connectivity index (χ1v) is 7.87. The Kier molecular flexibility index (Phi) is 3.73. The minimum Gasteiger partial charge on any atom is -0.341 e. The van der Waals surface area contributed by atoms with Crippen molar-refractivity contribution in [3.8, 4) is 0 Å². The molecule has 0 spiro atoms. The second kappa shape index (κ2) is 4.94. The normalized spacial score (nSPS) is 26.6. The Morgan fingerprint density at radius 3 is 2.47 bits per heavy atom. The second-order valence-electron chi connectivity index (χ2n) is 5.19. The lowest BCUT2D eigenvalue weighted by molar-refractivity contribution is -0.133. The Morgan fingerprint density at radius 1 is 1.24 bits per heavy atom. The number of hydrogen-bond acceptors (Lipinski definition) is 3. The molecule has 1 heterocycles. The Bertz CT molecular complexity index is 390. The van der Waals surface area contributed by atoms with Crippen LogP contribution in [0.2, 0.25) is 0 Å². The van der Waals surface area contributed by atoms with Gasteiger partial charge in [0.2, 0.25) is 15.9 Å². The summed E-state index contributed by atoms with van der Waals surface area (Å²) >= 11 is 0. The number of rotatable bonds is 3. The van der Waals surface area contributed by atoms with Gasteiger partial charge in [0, 0.05) is 19.5 Å². The Labute approximate surface area is 102 Å². The Morgan fingerprint density at radius 2 is 1.94 bits per heavy atom. The molecule has 2 N–H and O–H groups in total. The number of carbonyl (C=O) groups excluding carboxylic acids is 1. The molecule has 0 aromatic carbocycles. The van der Waals surface area contributed by atoms with E-state index in [1.807, 2.05) is 0 Å². The summed E-state index contributed by atoms with van der Waals surface area (Å²) in [6.07, 6.45) is 5.38. The summed E-state index contributed by atoms with van der Waals surface area (Å²) in [6.45, 7) is 0.960. The molecule has 1 aliphatic carbocycles. The predicted molar refractivity (Wildman–Crippen MR) is 64.7 cm³/mol. The van der Waals surface area contributed by atoms with Gasteiger partial charge in [0.25, 0.3) is 0 Å². The molecule has 1 saturated carbocycles. The zero-order valence-corrected chi connectivity index (χ0v) is 10.8. The first-order valence-electron chi connectivity index (χ1n) is 6.26. The third-order valence-electron chi connectivity index (χ3n) is 3.88. The van der Waals surface area contributed by atoms with Crippen LogP contribution in [0, 0.1) is 5.92 Å². The van der Waals surface area contributed by atoms with Gasteiger partial charge in [0.1, 0.15) is 0 Å². The first kappa shape index (κ1) is 12.8. The first-order chi connectivity index (χ1) is 7.97. The van der Waals surface area contributed by atoms with Crippen molar-refractivity contribution in [1.82, 2.24) is 4.90 Å². The van der Waals surface area contributed by atoms with E-state index in [0.717, 1.165) is 19.3 Å². The maximum atomic E-state index is 12.0. The SMILES string of the molecule is NS(=O)(=O)C1CCCN(C(=O)CC2CCC2)C1. The highest BCUT2D eigenvalue weighted by molar-refractivity contribution is 7.89. The van der Waals surface area contributed by atoms with Crippen molar-refractivity contribution < 1.29 is 13.2 Å². The summed E-state index contributed by atoms with van der Waals surface area (Å²) in [7, 11) is -3.51. The maximum Gasteiger partial charge on any atom is 0.222 e. The van der Waals surface area contributed by atoms with Gasteiger partial charge in [-0.2, -0.15) is 0 Å². The quantitative estimate of drug-likeness (QED) is 0.800. The molecule has 98 valence electrons. The average Bonchev–Trinajstić information content (AvgIpc) is 2.22. The summed E-state index contributed by atoms with van der Waals surface area (Å²) in [5, 5.41) is 4.58. The zero-order valence-electron chi connectivity index (χ0n) is 9.97. The number of carbonyl (C=O) groups is 1. The van der Waals surface area contributed by atoms with Gasteiger partial charge in [0.15, 0.2) is 0 Å². The molecule has 0 radical (unpaired) electrons. The molecule has 5 nitrogen and oxygen atoms in total. The zero-order chi connectivity index (χ0) is 12.5. The molecule has 1 aliphatic heterocycles. The maximum absolute atomic E-state index is 12.0. The van der Waals surface area contributed by atoms with Crippen LogP contribution in [-0.4, -0.2) is 37.6 Å². The summed E-state index contributed by atoms with van der Waals surface area (Å²) in [5.74, 6) is 0.625. The number of nitrogens with zero attached hydrogens (tertiary/aromatic N) is 1. The van der Waals surface area contributed by atoms with Gasteiger partial charge >= 0.3 is 0 Å². The molecule has 0 aromatic heterocycles. The molecule has 1 amide bonds. The Hall–Kier alpha value is -0.620. The minimum absolute atomic E-state index is 0.100. The smallest absolute Gasteiger partial charge is 0.222 e. The lowest BCUT2D eigenvalue weighted by Gasteiger charge is -2.34. The van der Waals surface area contributed by atoms with Crippen LogP contribution in [-0.2, 0) is 14.8 Å². The molecule has 6 heteroatoms. The van der Waals surface area contributed by atoms with Crippen LogP contribution in [0.5, 0.6) is 0 Å². The van der Waals surface area contributed by atoms with Gasteiger partial charge in [-0.1, -0.05) is 6.42 Å². The molecular formula is C11H20N2O3S. The summed E-state index contributed by atoms with van der Waals surface area (Å²) in [5.41, 5.74) is 0. The summed E-state index contributed by atoms with van der Waals surface area (Å²) in [4.78, 5) is 13.6. The highest BCUT2D eigenvalue weighted by Gasteiger charge is 2.31. The van der Waals surface area contributed by atoms with Crippen molar-refractivity contribution >= 4 is 15.9 Å². The van der Waals surface area contributed by atoms with Gasteiger partial charge in [-0.3, -0.25) is 4.79 Å². The van der Waals surface area contributed by atoms with Crippen molar-refractivity contribution in [1.29, 1.82) is 0 Å². The molecule has 0 bridgehead atoms. The van der Waals surface area contributed by atoms with Gasteiger partial charge in [-0.05, 0) is 31.6 Å². The number of amides is 1. The van der Waals surface area contributed by atoms with E-state index in [-0.39, 0.29) is 12.5 Å². The van der Waals surface area contributed by atoms with Gasteiger partial charge < -0.3 is 4.90 Å². The summed E-state index contributed by atoms with van der Waals surface area (Å²) in [6, 6.07) is 0. The fraction of sp³-hybridized carbons (Fsp3) is 0.909. The molecule has 2 rings (SSSR count). The van der Waals surface area contributed by atoms with E-state index < -0.39 is 15.3 Å². The van der Waals surface area contributed by atoms with E-state index in [2.05, 4.69) is 0 Å². The van der Waals surface area contributed by atoms with Crippen LogP contribution >= 0.6 is 0 Å². The fourth-order valence-corrected chi connectivity index (χ4v) is 3.39. The third-order valence-corrected chi connectivity index (χ3v) is 5.20. The van der Waals surface area contributed by atoms with E-state index in [1.54, 1.807) is 4.90 Å². The van der Waals surface area contributed by atoms with Crippen molar-refractivity contribution in [2.45, 2.75) is 43.8 Å². The van der Waals surface area contributed by atoms with Crippen molar-refractivity contribution in [2.75, 3.05) is 13.1 Å². The molecule has 1 saturated heterocycles. The molecule has 17 heavy (non-hydrogen) atoms. The van der Waals surface area contributed by atoms with Crippen LogP contribution in [0.1, 0.15) is 38.5 Å². The van der Waals surface area contributed by atoms with Crippen LogP contribution in [0.15, 0.2) is 0 Å². The fourth-order valence-electron chi connectivity index (χ4n) is 2.51. The van der Waals surface area contributed by atoms with Crippen LogP contribution in [0.3, 0.4) is 0 Å². The predicted octanol–water partition coefficient (Wildman–Crippen LogP) is 0.456. The topological polar surface area (TPSA) is 80.5 Å². The van der Waals surface area contributed by atoms with Gasteiger partial charge in [0.05, 0.1) is 5.25 Å². The number of nitrogens with two attached hydrogens (primary N) is 1. The van der Waals surface area contributed by atoms with Gasteiger partial charge in [-0.25, -0.2) is 13.6 Å². The third kappa shape index (κ3) is 3.19. The lowest BCUT2D eigenvalue weighted by Crippen LogP contribution is -2.47. The molecule has 2 fully saturated rings. The monoisotopic (exact) mass is 260 g/mol. The number of likely N-dealkylation sites (tertiary alicyclic amines) is 1. The van der Waals surface area contributed by atoms with E-state index in [9.17, 15) is 13.2 Å². The highest BCUT2D eigenvalue weighted by atomic mass is 32.2. The average molecular weight is 260 g/mol. The molecule has 2 aliphatic rings. The van der Waals surface area contributed by atoms with Crippen molar-refractivity contribution in [3.63, 3.8) is 0 Å². The molecule has 1 unspecified atom stereocenters. The van der Waals surface area contributed by atoms with E-state index in [1.165, 1.54) is 6.42 Å². The van der Waals surface area contributed by atoms with Gasteiger partial charge in [-0.15, -0.1) is 0 Å². The molecule has 1 atom stereocenters. The van der Waals surface area contributed by atoms with E-state index >= 15 is 0 Å². The van der Waals surface area contributed by atoms with Crippen LogP contribution < -0.4 is 5.14 Å². The van der Waals surface area contributed by atoms with Crippen molar-refractivity contribution in [2.24, 2.45) is 11.1 Å². The number of sulfonamides is 1. The van der Waals surface area contributed by atoms with Crippen molar-refractivity contribution in [3.05, 3.63) is 0 Å². The number of hydrogen-bond donors (Lipinski definition) is 1. The Balaban J connectivity index is 1.90. The molecular weight excluding hydrogens is 240 g/mol. The van der Waals surface area contributed by atoms with E-state index in [4.69, 9.17) is 5.14 Å². The van der Waals surface area contributed by atoms with Crippen LogP contribution in [0.25, 0.3) is 0 Å². The van der Waals surface area contributed by atoms with Crippen LogP contribution in [0.4, 0.5) is 0 Å². The van der Waals surface area contributed by atoms with E-state index in [0.29, 0.717) is 25.3 Å². The minimum atomic E-state index is -3.51. The lowest BCUT2D eigenvalue weighted by atomic mass is 9.82. The largest absolute Gasteiger partial charge is 0.341 e. The second-order valence-corrected chi connectivity index (χ2v) is 7.04. The number of piperidine rings is 1. The standard InChI is InChI=1S/C11H20N2O3S/c12-17(15,16)10-5-2-6-13(8-10)11(14)7-9-3-1-4-9/h9-10H,1-8H2,(H2,12,15,16).